The van der Waals surface area contributed by atoms with E-state index in [-0.39, 0.29) is 11.9 Å². The smallest absolute Gasteiger partial charge is 0.137 e. The van der Waals surface area contributed by atoms with Crippen LogP contribution in [0.2, 0.25) is 0 Å². The second-order valence-electron chi connectivity index (χ2n) is 4.08. The van der Waals surface area contributed by atoms with Crippen LogP contribution in [0.3, 0.4) is 0 Å². The summed E-state index contributed by atoms with van der Waals surface area (Å²) in [6, 6.07) is 5.19. The minimum absolute atomic E-state index is 0.160. The molecule has 0 spiro atoms. The van der Waals surface area contributed by atoms with E-state index in [1.54, 1.807) is 12.1 Å². The maximum atomic E-state index is 13.0. The number of hydrazine groups is 1. The molecule has 3 N–H and O–H groups in total. The van der Waals surface area contributed by atoms with Crippen molar-refractivity contribution in [3.63, 3.8) is 0 Å². The number of nitrogens with two attached hydrogens (primary N) is 1. The molecule has 3 nitrogen and oxygen atoms in total. The van der Waals surface area contributed by atoms with Crippen LogP contribution in [0.25, 0.3) is 0 Å². The molecular formula is C11H17BrFN3. The zero-order valence-corrected chi connectivity index (χ0v) is 11.1. The lowest BCUT2D eigenvalue weighted by Gasteiger charge is -2.20. The quantitative estimate of drug-likeness (QED) is 0.638. The normalized spacial score (nSPS) is 13.1. The molecule has 1 aromatic carbocycles. The van der Waals surface area contributed by atoms with Gasteiger partial charge in [-0.2, -0.15) is 0 Å². The molecule has 5 heteroatoms. The van der Waals surface area contributed by atoms with Crippen molar-refractivity contribution >= 4 is 15.9 Å². The maximum Gasteiger partial charge on any atom is 0.137 e. The van der Waals surface area contributed by atoms with Gasteiger partial charge in [0.1, 0.15) is 5.82 Å². The van der Waals surface area contributed by atoms with Crippen LogP contribution < -0.4 is 11.3 Å². The first-order valence-corrected chi connectivity index (χ1v) is 5.87. The maximum absolute atomic E-state index is 13.0. The third kappa shape index (κ3) is 4.17. The average molecular weight is 290 g/mol. The average Bonchev–Trinajstić information content (AvgIpc) is 2.22. The van der Waals surface area contributed by atoms with Gasteiger partial charge in [-0.25, -0.2) is 4.39 Å². The molecule has 0 aliphatic heterocycles. The molecule has 1 aromatic rings. The Labute approximate surface area is 104 Å². The number of hydrogen-bond acceptors (Lipinski definition) is 3. The Morgan fingerprint density at radius 3 is 2.69 bits per heavy atom. The Morgan fingerprint density at radius 2 is 2.19 bits per heavy atom. The monoisotopic (exact) mass is 289 g/mol. The van der Waals surface area contributed by atoms with Crippen molar-refractivity contribution < 1.29 is 4.39 Å². The van der Waals surface area contributed by atoms with E-state index in [4.69, 9.17) is 5.84 Å². The van der Waals surface area contributed by atoms with Crippen molar-refractivity contribution in [1.82, 2.24) is 10.3 Å². The number of halogens is 2. The summed E-state index contributed by atoms with van der Waals surface area (Å²) in [6.07, 6.45) is 0.771. The number of likely N-dealkylation sites (N-methyl/N-ethyl adjacent to an activating group) is 1. The van der Waals surface area contributed by atoms with Crippen LogP contribution in [0.15, 0.2) is 22.7 Å². The highest BCUT2D eigenvalue weighted by Gasteiger charge is 2.10. The highest BCUT2D eigenvalue weighted by Crippen LogP contribution is 2.17. The van der Waals surface area contributed by atoms with Crippen LogP contribution in [0.4, 0.5) is 4.39 Å². The molecule has 0 saturated heterocycles. The Morgan fingerprint density at radius 1 is 1.50 bits per heavy atom. The Kier molecular flexibility index (Phi) is 5.34. The lowest BCUT2D eigenvalue weighted by Crippen LogP contribution is -2.43. The van der Waals surface area contributed by atoms with Crippen LogP contribution in [0.5, 0.6) is 0 Å². The van der Waals surface area contributed by atoms with E-state index in [2.05, 4.69) is 26.3 Å². The molecule has 0 aliphatic carbocycles. The standard InChI is InChI=1S/C11H17BrFN3/c1-16(2)7-9(15-14)5-8-3-4-11(13)10(12)6-8/h3-4,6,9,15H,5,7,14H2,1-2H3. The summed E-state index contributed by atoms with van der Waals surface area (Å²) in [5, 5.41) is 0. The summed E-state index contributed by atoms with van der Waals surface area (Å²) in [6.45, 7) is 0.839. The fraction of sp³-hybridized carbons (Fsp3) is 0.455. The largest absolute Gasteiger partial charge is 0.308 e. The van der Waals surface area contributed by atoms with Gasteiger partial charge in [0.05, 0.1) is 4.47 Å². The molecule has 0 radical (unpaired) electrons. The van der Waals surface area contributed by atoms with Crippen molar-refractivity contribution in [3.8, 4) is 0 Å². The van der Waals surface area contributed by atoms with E-state index in [0.717, 1.165) is 18.5 Å². The van der Waals surface area contributed by atoms with E-state index in [1.165, 1.54) is 6.07 Å². The molecule has 0 saturated carbocycles. The van der Waals surface area contributed by atoms with Crippen molar-refractivity contribution in [2.24, 2.45) is 5.84 Å². The van der Waals surface area contributed by atoms with Gasteiger partial charge >= 0.3 is 0 Å². The second-order valence-corrected chi connectivity index (χ2v) is 4.93. The SMILES string of the molecule is CN(C)CC(Cc1ccc(F)c(Br)c1)NN. The topological polar surface area (TPSA) is 41.3 Å². The van der Waals surface area contributed by atoms with Crippen LogP contribution >= 0.6 is 15.9 Å². The summed E-state index contributed by atoms with van der Waals surface area (Å²) >= 11 is 3.17. The van der Waals surface area contributed by atoms with Gasteiger partial charge in [0, 0.05) is 12.6 Å². The fourth-order valence-corrected chi connectivity index (χ4v) is 1.99. The minimum atomic E-state index is -0.242. The van der Waals surface area contributed by atoms with Gasteiger partial charge in [0.2, 0.25) is 0 Å². The van der Waals surface area contributed by atoms with Gasteiger partial charge in [-0.3, -0.25) is 11.3 Å². The highest BCUT2D eigenvalue weighted by atomic mass is 79.9. The zero-order chi connectivity index (χ0) is 12.1. The predicted molar refractivity (Wildman–Crippen MR) is 67.5 cm³/mol. The molecule has 1 unspecified atom stereocenters. The van der Waals surface area contributed by atoms with Crippen molar-refractivity contribution in [1.29, 1.82) is 0 Å². The third-order valence-electron chi connectivity index (χ3n) is 2.29. The van der Waals surface area contributed by atoms with Crippen LogP contribution in [-0.2, 0) is 6.42 Å². The number of nitrogens with one attached hydrogen (secondary N) is 1. The summed E-state index contributed by atoms with van der Waals surface area (Å²) in [4.78, 5) is 2.06. The van der Waals surface area contributed by atoms with Crippen molar-refractivity contribution in [2.45, 2.75) is 12.5 Å². The molecule has 0 aliphatic rings. The van der Waals surface area contributed by atoms with E-state index < -0.39 is 0 Å². The minimum Gasteiger partial charge on any atom is -0.308 e. The predicted octanol–water partition coefficient (Wildman–Crippen LogP) is 1.52. The number of hydrogen-bond donors (Lipinski definition) is 2. The molecule has 0 aromatic heterocycles. The van der Waals surface area contributed by atoms with Crippen molar-refractivity contribution in [2.75, 3.05) is 20.6 Å². The first-order chi connectivity index (χ1) is 7.52. The third-order valence-corrected chi connectivity index (χ3v) is 2.90. The number of nitrogens with zero attached hydrogens (tertiary/aromatic N) is 1. The first kappa shape index (κ1) is 13.6. The molecule has 0 fully saturated rings. The highest BCUT2D eigenvalue weighted by molar-refractivity contribution is 9.10. The molecular weight excluding hydrogens is 273 g/mol. The summed E-state index contributed by atoms with van der Waals surface area (Å²) in [5.41, 5.74) is 3.82. The van der Waals surface area contributed by atoms with Gasteiger partial charge in [0.25, 0.3) is 0 Å². The first-order valence-electron chi connectivity index (χ1n) is 5.07. The Balaban J connectivity index is 2.66. The summed E-state index contributed by atoms with van der Waals surface area (Å²) in [5.74, 6) is 5.23. The number of benzene rings is 1. The Hall–Kier alpha value is -0.490. The van der Waals surface area contributed by atoms with Gasteiger partial charge in [0.15, 0.2) is 0 Å². The van der Waals surface area contributed by atoms with E-state index >= 15 is 0 Å². The van der Waals surface area contributed by atoms with Crippen LogP contribution in [-0.4, -0.2) is 31.6 Å². The zero-order valence-electron chi connectivity index (χ0n) is 9.50. The lowest BCUT2D eigenvalue weighted by molar-refractivity contribution is 0.338. The molecule has 0 bridgehead atoms. The van der Waals surface area contributed by atoms with Gasteiger partial charge in [-0.15, -0.1) is 0 Å². The molecule has 0 amide bonds. The lowest BCUT2D eigenvalue weighted by atomic mass is 10.1. The van der Waals surface area contributed by atoms with Crippen LogP contribution in [0.1, 0.15) is 5.56 Å². The number of rotatable bonds is 5. The molecule has 90 valence electrons. The molecule has 16 heavy (non-hydrogen) atoms. The van der Waals surface area contributed by atoms with E-state index in [0.29, 0.717) is 4.47 Å². The van der Waals surface area contributed by atoms with Gasteiger partial charge in [-0.1, -0.05) is 6.07 Å². The fourth-order valence-electron chi connectivity index (χ4n) is 1.57. The van der Waals surface area contributed by atoms with E-state index in [9.17, 15) is 4.39 Å². The van der Waals surface area contributed by atoms with E-state index in [1.807, 2.05) is 14.1 Å². The van der Waals surface area contributed by atoms with Crippen LogP contribution in [0, 0.1) is 5.82 Å². The summed E-state index contributed by atoms with van der Waals surface area (Å²) < 4.78 is 13.5. The van der Waals surface area contributed by atoms with Gasteiger partial charge in [-0.05, 0) is 54.1 Å². The molecule has 0 heterocycles. The van der Waals surface area contributed by atoms with Gasteiger partial charge < -0.3 is 4.90 Å². The second kappa shape index (κ2) is 6.30. The molecule has 1 atom stereocenters. The van der Waals surface area contributed by atoms with Crippen molar-refractivity contribution in [3.05, 3.63) is 34.1 Å². The molecule has 1 rings (SSSR count). The Bertz CT molecular complexity index is 344. The summed E-state index contributed by atoms with van der Waals surface area (Å²) in [7, 11) is 3.98.